The van der Waals surface area contributed by atoms with Gasteiger partial charge in [0.05, 0.1) is 16.4 Å². The van der Waals surface area contributed by atoms with Gasteiger partial charge in [0, 0.05) is 16.8 Å². The van der Waals surface area contributed by atoms with E-state index < -0.39 is 5.66 Å². The van der Waals surface area contributed by atoms with Crippen LogP contribution >= 0.6 is 11.6 Å². The molecule has 1 spiro atoms. The number of hydrogen-bond donors (Lipinski definition) is 1. The van der Waals surface area contributed by atoms with Gasteiger partial charge in [-0.15, -0.1) is 0 Å². The zero-order valence-corrected chi connectivity index (χ0v) is 18.3. The van der Waals surface area contributed by atoms with Gasteiger partial charge in [-0.3, -0.25) is 9.69 Å². The Labute approximate surface area is 196 Å². The van der Waals surface area contributed by atoms with Crippen LogP contribution in [0.4, 0.5) is 17.1 Å². The van der Waals surface area contributed by atoms with Crippen molar-refractivity contribution < 1.29 is 4.79 Å². The molecule has 6 heteroatoms. The first-order chi connectivity index (χ1) is 16.2. The van der Waals surface area contributed by atoms with E-state index in [1.807, 2.05) is 108 Å². The summed E-state index contributed by atoms with van der Waals surface area (Å²) in [6.45, 7) is 0. The number of carbonyl (C=O) groups excluding carboxylic acids is 1. The molecule has 0 saturated heterocycles. The maximum Gasteiger partial charge on any atom is 0.278 e. The van der Waals surface area contributed by atoms with Crippen molar-refractivity contribution in [2.75, 3.05) is 15.2 Å². The van der Waals surface area contributed by atoms with E-state index in [0.29, 0.717) is 16.5 Å². The number of nitrogens with one attached hydrogen (secondary N) is 1. The van der Waals surface area contributed by atoms with E-state index >= 15 is 0 Å². The van der Waals surface area contributed by atoms with Crippen molar-refractivity contribution in [3.63, 3.8) is 0 Å². The molecule has 0 aromatic heterocycles. The zero-order chi connectivity index (χ0) is 22.4. The molecule has 2 heterocycles. The number of para-hydroxylation sites is 3. The van der Waals surface area contributed by atoms with Gasteiger partial charge in [-0.1, -0.05) is 90.5 Å². The number of hydrazone groups is 1. The third-order valence-corrected chi connectivity index (χ3v) is 6.34. The van der Waals surface area contributed by atoms with Crippen LogP contribution in [0.5, 0.6) is 0 Å². The average molecular weight is 451 g/mol. The number of amides is 1. The molecule has 0 saturated carbocycles. The molecule has 0 radical (unpaired) electrons. The number of benzene rings is 4. The first-order valence-corrected chi connectivity index (χ1v) is 11.0. The van der Waals surface area contributed by atoms with E-state index in [9.17, 15) is 4.79 Å². The van der Waals surface area contributed by atoms with E-state index in [4.69, 9.17) is 16.7 Å². The minimum Gasteiger partial charge on any atom is -0.320 e. The van der Waals surface area contributed by atoms with Crippen LogP contribution in [0, 0.1) is 0 Å². The summed E-state index contributed by atoms with van der Waals surface area (Å²) in [6, 6.07) is 35.1. The summed E-state index contributed by atoms with van der Waals surface area (Å²) in [4.78, 5) is 16.0. The summed E-state index contributed by atoms with van der Waals surface area (Å²) < 4.78 is 0. The van der Waals surface area contributed by atoms with Crippen molar-refractivity contribution in [1.29, 1.82) is 0 Å². The van der Waals surface area contributed by atoms with Crippen LogP contribution in [0.15, 0.2) is 114 Å². The van der Waals surface area contributed by atoms with Crippen LogP contribution in [0.3, 0.4) is 0 Å². The second-order valence-electron chi connectivity index (χ2n) is 7.90. The van der Waals surface area contributed by atoms with E-state index in [2.05, 4.69) is 5.32 Å². The summed E-state index contributed by atoms with van der Waals surface area (Å²) in [6.07, 6.45) is 0. The SMILES string of the molecule is O=C1Nc2c(Cl)cccc2C12N(c1ccccc1)N=C(c1ccccc1)N2c1ccccc1. The standard InChI is InChI=1S/C27H19ClN4O/c28-23-18-10-17-22-24(23)29-26(33)27(22)31(20-13-6-2-7-14-20)25(19-11-4-1-5-12-19)30-32(27)21-15-8-3-9-16-21/h1-18H,(H,29,33). The summed E-state index contributed by atoms with van der Waals surface area (Å²) in [5.74, 6) is 0.460. The van der Waals surface area contributed by atoms with Gasteiger partial charge in [0.25, 0.3) is 5.91 Å². The monoisotopic (exact) mass is 450 g/mol. The van der Waals surface area contributed by atoms with Crippen LogP contribution in [-0.2, 0) is 10.5 Å². The minimum atomic E-state index is -1.28. The lowest BCUT2D eigenvalue weighted by Gasteiger charge is -2.40. The Balaban J connectivity index is 1.70. The van der Waals surface area contributed by atoms with Gasteiger partial charge in [0.2, 0.25) is 5.66 Å². The van der Waals surface area contributed by atoms with Crippen molar-refractivity contribution >= 4 is 40.4 Å². The number of anilines is 3. The van der Waals surface area contributed by atoms with Gasteiger partial charge in [0.1, 0.15) is 0 Å². The zero-order valence-electron chi connectivity index (χ0n) is 17.5. The van der Waals surface area contributed by atoms with Gasteiger partial charge in [0.15, 0.2) is 5.84 Å². The maximum absolute atomic E-state index is 14.0. The van der Waals surface area contributed by atoms with E-state index in [1.165, 1.54) is 0 Å². The lowest BCUT2D eigenvalue weighted by Crippen LogP contribution is -2.58. The van der Waals surface area contributed by atoms with Gasteiger partial charge in [-0.05, 0) is 30.3 Å². The highest BCUT2D eigenvalue weighted by atomic mass is 35.5. The van der Waals surface area contributed by atoms with Crippen LogP contribution in [0.25, 0.3) is 0 Å². The molecule has 4 aromatic carbocycles. The molecule has 0 bridgehead atoms. The Kier molecular flexibility index (Phi) is 4.45. The van der Waals surface area contributed by atoms with Crippen LogP contribution < -0.4 is 15.2 Å². The minimum absolute atomic E-state index is 0.215. The van der Waals surface area contributed by atoms with Crippen LogP contribution in [0.1, 0.15) is 11.1 Å². The normalized spacial score (nSPS) is 18.9. The molecule has 1 unspecified atom stereocenters. The molecule has 2 aliphatic heterocycles. The average Bonchev–Trinajstić information content (AvgIpc) is 3.38. The molecule has 4 aromatic rings. The molecular formula is C27H19ClN4O. The molecule has 6 rings (SSSR count). The smallest absolute Gasteiger partial charge is 0.278 e. The van der Waals surface area contributed by atoms with E-state index in [1.54, 1.807) is 11.1 Å². The highest BCUT2D eigenvalue weighted by molar-refractivity contribution is 6.35. The molecule has 5 nitrogen and oxygen atoms in total. The summed E-state index contributed by atoms with van der Waals surface area (Å²) >= 11 is 6.55. The number of rotatable bonds is 3. The van der Waals surface area contributed by atoms with Crippen molar-refractivity contribution in [3.8, 4) is 0 Å². The highest BCUT2D eigenvalue weighted by Gasteiger charge is 2.62. The number of amidine groups is 1. The molecular weight excluding hydrogens is 432 g/mol. The lowest BCUT2D eigenvalue weighted by atomic mass is 9.95. The fourth-order valence-corrected chi connectivity index (χ4v) is 4.85. The summed E-state index contributed by atoms with van der Waals surface area (Å²) in [7, 11) is 0. The van der Waals surface area contributed by atoms with Crippen molar-refractivity contribution in [2.24, 2.45) is 5.10 Å². The second-order valence-corrected chi connectivity index (χ2v) is 8.30. The highest BCUT2D eigenvalue weighted by Crippen LogP contribution is 2.52. The van der Waals surface area contributed by atoms with Gasteiger partial charge in [-0.2, -0.15) is 5.10 Å². The molecule has 0 fully saturated rings. The Morgan fingerprint density at radius 2 is 1.33 bits per heavy atom. The molecule has 160 valence electrons. The van der Waals surface area contributed by atoms with E-state index in [-0.39, 0.29) is 5.91 Å². The molecule has 33 heavy (non-hydrogen) atoms. The number of fused-ring (bicyclic) bond motifs is 2. The number of hydrogen-bond acceptors (Lipinski definition) is 4. The van der Waals surface area contributed by atoms with E-state index in [0.717, 1.165) is 22.5 Å². The Bertz CT molecular complexity index is 1380. The molecule has 1 amide bonds. The first kappa shape index (κ1) is 19.6. The summed E-state index contributed by atoms with van der Waals surface area (Å²) in [5.41, 5.74) is 2.63. The second kappa shape index (κ2) is 7.50. The fraction of sp³-hybridized carbons (Fsp3) is 0.0370. The third-order valence-electron chi connectivity index (χ3n) is 6.03. The number of halogens is 1. The molecule has 1 atom stereocenters. The Morgan fingerprint density at radius 3 is 2.00 bits per heavy atom. The van der Waals surface area contributed by atoms with Gasteiger partial charge < -0.3 is 5.32 Å². The number of nitrogens with zero attached hydrogens (tertiary/aromatic N) is 3. The fourth-order valence-electron chi connectivity index (χ4n) is 4.63. The van der Waals surface area contributed by atoms with Crippen molar-refractivity contribution in [1.82, 2.24) is 0 Å². The predicted molar refractivity (Wildman–Crippen MR) is 133 cm³/mol. The largest absolute Gasteiger partial charge is 0.320 e. The topological polar surface area (TPSA) is 47.9 Å². The van der Waals surface area contributed by atoms with Crippen molar-refractivity contribution in [2.45, 2.75) is 5.66 Å². The third kappa shape index (κ3) is 2.79. The first-order valence-electron chi connectivity index (χ1n) is 10.7. The quantitative estimate of drug-likeness (QED) is 0.427. The van der Waals surface area contributed by atoms with Crippen LogP contribution in [0.2, 0.25) is 5.02 Å². The number of carbonyl (C=O) groups is 1. The van der Waals surface area contributed by atoms with Crippen LogP contribution in [-0.4, -0.2) is 11.7 Å². The van der Waals surface area contributed by atoms with Crippen molar-refractivity contribution in [3.05, 3.63) is 125 Å². The Morgan fingerprint density at radius 1 is 0.727 bits per heavy atom. The van der Waals surface area contributed by atoms with Gasteiger partial charge >= 0.3 is 0 Å². The Hall–Kier alpha value is -4.09. The summed E-state index contributed by atoms with van der Waals surface area (Å²) in [5, 5.41) is 10.4. The maximum atomic E-state index is 14.0. The predicted octanol–water partition coefficient (Wildman–Crippen LogP) is 5.83. The lowest BCUT2D eigenvalue weighted by molar-refractivity contribution is -0.120. The molecule has 2 aliphatic rings. The molecule has 0 aliphatic carbocycles. The molecule has 1 N–H and O–H groups in total. The van der Waals surface area contributed by atoms with Gasteiger partial charge in [-0.25, -0.2) is 5.01 Å².